The van der Waals surface area contributed by atoms with Crippen molar-refractivity contribution >= 4 is 22.6 Å². The Hall–Kier alpha value is -3.08. The highest BCUT2D eigenvalue weighted by Crippen LogP contribution is 2.30. The number of ether oxygens (including phenoxy) is 1. The number of hydrogen-bond acceptors (Lipinski definition) is 4. The monoisotopic (exact) mass is 375 g/mol. The second kappa shape index (κ2) is 6.82. The number of rotatable bonds is 3. The summed E-state index contributed by atoms with van der Waals surface area (Å²) in [6.45, 7) is 0.660. The number of amides is 1. The van der Waals surface area contributed by atoms with Gasteiger partial charge in [0.05, 0.1) is 0 Å². The van der Waals surface area contributed by atoms with Crippen molar-refractivity contribution in [3.63, 3.8) is 0 Å². The quantitative estimate of drug-likeness (QED) is 0.656. The highest BCUT2D eigenvalue weighted by atomic mass is 16.5. The van der Waals surface area contributed by atoms with Gasteiger partial charge in [-0.2, -0.15) is 0 Å². The van der Waals surface area contributed by atoms with Gasteiger partial charge in [0.25, 0.3) is 5.91 Å². The fraction of sp³-hybridized carbons (Fsp3) is 0.304. The first kappa shape index (κ1) is 17.0. The molecule has 1 aromatic heterocycles. The van der Waals surface area contributed by atoms with Gasteiger partial charge in [-0.3, -0.25) is 4.79 Å². The van der Waals surface area contributed by atoms with E-state index in [1.54, 1.807) is 11.0 Å². The highest BCUT2D eigenvalue weighted by Gasteiger charge is 2.23. The first-order valence-corrected chi connectivity index (χ1v) is 9.80. The molecule has 5 rings (SSSR count). The maximum absolute atomic E-state index is 12.7. The molecule has 0 atom stereocenters. The lowest BCUT2D eigenvalue weighted by Crippen LogP contribution is -2.38. The maximum atomic E-state index is 12.7. The summed E-state index contributed by atoms with van der Waals surface area (Å²) in [5.41, 5.74) is 4.35. The van der Waals surface area contributed by atoms with Crippen molar-refractivity contribution in [3.8, 4) is 5.75 Å². The predicted molar refractivity (Wildman–Crippen MR) is 107 cm³/mol. The van der Waals surface area contributed by atoms with Crippen molar-refractivity contribution in [3.05, 3.63) is 69.6 Å². The maximum Gasteiger partial charge on any atom is 0.339 e. The van der Waals surface area contributed by atoms with Crippen molar-refractivity contribution in [1.82, 2.24) is 0 Å². The number of carbonyl (C=O) groups excluding carboxylic acids is 1. The lowest BCUT2D eigenvalue weighted by molar-refractivity contribution is -0.120. The number of para-hydroxylation sites is 1. The summed E-state index contributed by atoms with van der Waals surface area (Å²) in [6, 6.07) is 13.5. The number of carbonyl (C=O) groups is 1. The van der Waals surface area contributed by atoms with Gasteiger partial charge in [-0.25, -0.2) is 4.79 Å². The Balaban J connectivity index is 1.36. The molecule has 0 unspecified atom stereocenters. The highest BCUT2D eigenvalue weighted by molar-refractivity contribution is 5.95. The smallest absolute Gasteiger partial charge is 0.339 e. The molecule has 3 aromatic rings. The van der Waals surface area contributed by atoms with Crippen LogP contribution in [0.25, 0.3) is 11.0 Å². The summed E-state index contributed by atoms with van der Waals surface area (Å²) in [7, 11) is 0. The molecular formula is C23H21NO4. The predicted octanol–water partition coefficient (Wildman–Crippen LogP) is 3.64. The van der Waals surface area contributed by atoms with Crippen LogP contribution in [0.3, 0.4) is 0 Å². The Morgan fingerprint density at radius 1 is 1.04 bits per heavy atom. The van der Waals surface area contributed by atoms with Crippen molar-refractivity contribution in [2.45, 2.75) is 32.1 Å². The first-order valence-electron chi connectivity index (χ1n) is 9.80. The number of hydrogen-bond donors (Lipinski definition) is 0. The third kappa shape index (κ3) is 2.87. The number of benzene rings is 2. The van der Waals surface area contributed by atoms with Crippen LogP contribution in [0.1, 0.15) is 29.5 Å². The molecule has 2 aromatic carbocycles. The minimum Gasteiger partial charge on any atom is -0.484 e. The molecule has 1 amide bonds. The van der Waals surface area contributed by atoms with Gasteiger partial charge in [-0.1, -0.05) is 18.2 Å². The van der Waals surface area contributed by atoms with Gasteiger partial charge >= 0.3 is 5.63 Å². The zero-order valence-electron chi connectivity index (χ0n) is 15.6. The van der Waals surface area contributed by atoms with E-state index in [1.165, 1.54) is 5.56 Å². The van der Waals surface area contributed by atoms with E-state index in [4.69, 9.17) is 9.15 Å². The lowest BCUT2D eigenvalue weighted by atomic mass is 10.0. The zero-order valence-corrected chi connectivity index (χ0v) is 15.6. The molecule has 0 saturated carbocycles. The van der Waals surface area contributed by atoms with Gasteiger partial charge in [-0.05, 0) is 61.4 Å². The molecule has 28 heavy (non-hydrogen) atoms. The van der Waals surface area contributed by atoms with Gasteiger partial charge in [-0.15, -0.1) is 0 Å². The molecule has 0 bridgehead atoms. The van der Waals surface area contributed by atoms with E-state index in [-0.39, 0.29) is 18.1 Å². The van der Waals surface area contributed by atoms with Gasteiger partial charge in [0.2, 0.25) is 0 Å². The van der Waals surface area contributed by atoms with E-state index in [1.807, 2.05) is 30.3 Å². The zero-order chi connectivity index (χ0) is 19.1. The third-order valence-corrected chi connectivity index (χ3v) is 5.72. The fourth-order valence-corrected chi connectivity index (χ4v) is 4.37. The molecule has 0 fully saturated rings. The summed E-state index contributed by atoms with van der Waals surface area (Å²) in [5, 5.41) is 0.968. The van der Waals surface area contributed by atoms with E-state index in [9.17, 15) is 9.59 Å². The Morgan fingerprint density at radius 2 is 1.89 bits per heavy atom. The van der Waals surface area contributed by atoms with Crippen molar-refractivity contribution in [1.29, 1.82) is 0 Å². The molecule has 0 N–H and O–H groups in total. The van der Waals surface area contributed by atoms with Crippen molar-refractivity contribution in [2.75, 3.05) is 18.1 Å². The van der Waals surface area contributed by atoms with Crippen LogP contribution in [0.2, 0.25) is 0 Å². The molecule has 2 aliphatic rings. The SMILES string of the molecule is O=C(COc1ccc2c3c(c(=O)oc2c1)CCC3)N1CCCc2ccccc21. The van der Waals surface area contributed by atoms with Crippen LogP contribution in [0.4, 0.5) is 5.69 Å². The van der Waals surface area contributed by atoms with Gasteiger partial charge < -0.3 is 14.1 Å². The Kier molecular flexibility index (Phi) is 4.15. The van der Waals surface area contributed by atoms with E-state index < -0.39 is 0 Å². The van der Waals surface area contributed by atoms with Crippen molar-refractivity contribution in [2.24, 2.45) is 0 Å². The summed E-state index contributed by atoms with van der Waals surface area (Å²) < 4.78 is 11.2. The normalized spacial score (nSPS) is 15.4. The van der Waals surface area contributed by atoms with Crippen LogP contribution < -0.4 is 15.3 Å². The summed E-state index contributed by atoms with van der Waals surface area (Å²) in [6.07, 6.45) is 4.63. The van der Waals surface area contributed by atoms with Crippen LogP contribution in [-0.2, 0) is 24.1 Å². The molecule has 5 nitrogen and oxygen atoms in total. The number of anilines is 1. The molecule has 0 spiro atoms. The van der Waals surface area contributed by atoms with Crippen molar-refractivity contribution < 1.29 is 13.9 Å². The van der Waals surface area contributed by atoms with Crippen LogP contribution in [-0.4, -0.2) is 19.1 Å². The first-order chi connectivity index (χ1) is 13.7. The largest absolute Gasteiger partial charge is 0.484 e. The molecule has 2 heterocycles. The third-order valence-electron chi connectivity index (χ3n) is 5.72. The molecule has 142 valence electrons. The van der Waals surface area contributed by atoms with Gasteiger partial charge in [0.15, 0.2) is 6.61 Å². The topological polar surface area (TPSA) is 59.8 Å². The van der Waals surface area contributed by atoms with Crippen LogP contribution in [0.5, 0.6) is 5.75 Å². The van der Waals surface area contributed by atoms with E-state index in [0.29, 0.717) is 17.9 Å². The average Bonchev–Trinajstić information content (AvgIpc) is 3.22. The number of aryl methyl sites for hydroxylation is 2. The number of fused-ring (bicyclic) bond motifs is 4. The van der Waals surface area contributed by atoms with E-state index >= 15 is 0 Å². The van der Waals surface area contributed by atoms with Gasteiger partial charge in [0.1, 0.15) is 11.3 Å². The fourth-order valence-electron chi connectivity index (χ4n) is 4.37. The summed E-state index contributed by atoms with van der Waals surface area (Å²) in [5.74, 6) is 0.467. The Bertz CT molecular complexity index is 1130. The molecule has 1 aliphatic carbocycles. The average molecular weight is 375 g/mol. The van der Waals surface area contributed by atoms with Crippen LogP contribution in [0.15, 0.2) is 51.7 Å². The van der Waals surface area contributed by atoms with Gasteiger partial charge in [0, 0.05) is 29.2 Å². The van der Waals surface area contributed by atoms with Crippen LogP contribution in [0, 0.1) is 0 Å². The molecule has 5 heteroatoms. The molecule has 0 radical (unpaired) electrons. The minimum absolute atomic E-state index is 0.0466. The molecule has 1 aliphatic heterocycles. The Labute approximate surface area is 162 Å². The second-order valence-electron chi connectivity index (χ2n) is 7.42. The van der Waals surface area contributed by atoms with Crippen LogP contribution >= 0.6 is 0 Å². The van der Waals surface area contributed by atoms with E-state index in [2.05, 4.69) is 6.07 Å². The summed E-state index contributed by atoms with van der Waals surface area (Å²) >= 11 is 0. The Morgan fingerprint density at radius 3 is 2.82 bits per heavy atom. The summed E-state index contributed by atoms with van der Waals surface area (Å²) in [4.78, 5) is 26.7. The molecular weight excluding hydrogens is 354 g/mol. The molecule has 0 saturated heterocycles. The van der Waals surface area contributed by atoms with E-state index in [0.717, 1.165) is 54.3 Å². The standard InChI is InChI=1S/C23H21NO4/c25-22(24-12-4-6-15-5-1-2-9-20(15)24)14-27-16-10-11-18-17-7-3-8-19(17)23(26)28-21(18)13-16/h1-2,5,9-11,13H,3-4,6-8,12,14H2. The minimum atomic E-state index is -0.252. The number of nitrogens with zero attached hydrogens (tertiary/aromatic N) is 1. The second-order valence-corrected chi connectivity index (χ2v) is 7.42. The lowest BCUT2D eigenvalue weighted by Gasteiger charge is -2.29.